The molecule has 22 heavy (non-hydrogen) atoms. The molecule has 1 aliphatic rings. The summed E-state index contributed by atoms with van der Waals surface area (Å²) in [5.41, 5.74) is 9.09. The zero-order valence-corrected chi connectivity index (χ0v) is 12.8. The number of ether oxygens (including phenoxy) is 2. The lowest BCUT2D eigenvalue weighted by Gasteiger charge is -2.28. The number of rotatable bonds is 3. The van der Waals surface area contributed by atoms with Gasteiger partial charge < -0.3 is 15.2 Å². The maximum Gasteiger partial charge on any atom is 0.170 e. The van der Waals surface area contributed by atoms with Crippen LogP contribution < -0.4 is 15.2 Å². The zero-order chi connectivity index (χ0) is 15.7. The molecular weight excluding hydrogens is 278 g/mol. The molecular formula is C18H19NO3. The fraction of sp³-hybridized carbons (Fsp3) is 0.278. The molecule has 0 bridgehead atoms. The number of hydrogen-bond donors (Lipinski definition) is 1. The number of ketones is 1. The van der Waals surface area contributed by atoms with Crippen LogP contribution in [0.4, 0.5) is 5.69 Å². The van der Waals surface area contributed by atoms with E-state index in [1.807, 2.05) is 43.3 Å². The molecule has 3 rings (SSSR count). The van der Waals surface area contributed by atoms with Gasteiger partial charge >= 0.3 is 0 Å². The lowest BCUT2D eigenvalue weighted by Crippen LogP contribution is -2.22. The Kier molecular flexibility index (Phi) is 3.75. The largest absolute Gasteiger partial charge is 0.496 e. The number of aryl methyl sites for hydroxylation is 1. The van der Waals surface area contributed by atoms with E-state index in [4.69, 9.17) is 15.2 Å². The third kappa shape index (κ3) is 2.41. The van der Waals surface area contributed by atoms with Crippen molar-refractivity contribution in [3.8, 4) is 11.5 Å². The average molecular weight is 297 g/mol. The number of nitrogen functional groups attached to an aromatic ring is 1. The summed E-state index contributed by atoms with van der Waals surface area (Å²) in [5, 5.41) is 0. The van der Waals surface area contributed by atoms with Gasteiger partial charge in [-0.15, -0.1) is 0 Å². The fourth-order valence-corrected chi connectivity index (χ4v) is 2.82. The molecule has 0 fully saturated rings. The van der Waals surface area contributed by atoms with Crippen LogP contribution in [0.3, 0.4) is 0 Å². The summed E-state index contributed by atoms with van der Waals surface area (Å²) in [5.74, 6) is 1.26. The number of para-hydroxylation sites is 1. The first-order valence-corrected chi connectivity index (χ1v) is 7.39. The number of methoxy groups -OCH3 is 1. The quantitative estimate of drug-likeness (QED) is 0.880. The van der Waals surface area contributed by atoms with E-state index in [0.29, 0.717) is 29.2 Å². The van der Waals surface area contributed by atoms with Crippen molar-refractivity contribution >= 4 is 11.5 Å². The molecule has 1 aliphatic heterocycles. The third-order valence-electron chi connectivity index (χ3n) is 4.00. The molecule has 2 N–H and O–H groups in total. The second-order valence-electron chi connectivity index (χ2n) is 5.39. The Balaban J connectivity index is 2.03. The Bertz CT molecular complexity index is 724. The molecule has 0 saturated carbocycles. The summed E-state index contributed by atoms with van der Waals surface area (Å²) in [7, 11) is 1.61. The summed E-state index contributed by atoms with van der Waals surface area (Å²) in [6.07, 6.45) is 0.756. The van der Waals surface area contributed by atoms with Gasteiger partial charge in [-0.3, -0.25) is 4.79 Å². The Labute approximate surface area is 129 Å². The Morgan fingerprint density at radius 1 is 1.32 bits per heavy atom. The first kappa shape index (κ1) is 14.4. The predicted molar refractivity (Wildman–Crippen MR) is 85.5 cm³/mol. The number of benzene rings is 2. The van der Waals surface area contributed by atoms with Crippen LogP contribution in [0.1, 0.15) is 40.9 Å². The van der Waals surface area contributed by atoms with Gasteiger partial charge in [0.25, 0.3) is 0 Å². The predicted octanol–water partition coefficient (Wildman–Crippen LogP) is 3.55. The molecule has 1 unspecified atom stereocenters. The van der Waals surface area contributed by atoms with Crippen molar-refractivity contribution in [1.82, 2.24) is 0 Å². The number of carbonyl (C=O) groups excluding carboxylic acids is 1. The van der Waals surface area contributed by atoms with Gasteiger partial charge in [-0.2, -0.15) is 0 Å². The highest BCUT2D eigenvalue weighted by Gasteiger charge is 2.31. The minimum Gasteiger partial charge on any atom is -0.496 e. The Morgan fingerprint density at radius 2 is 2.09 bits per heavy atom. The van der Waals surface area contributed by atoms with Gasteiger partial charge in [0.15, 0.2) is 11.5 Å². The Hall–Kier alpha value is -2.49. The highest BCUT2D eigenvalue weighted by atomic mass is 16.5. The minimum atomic E-state index is -0.370. The van der Waals surface area contributed by atoms with Crippen molar-refractivity contribution in [2.24, 2.45) is 0 Å². The third-order valence-corrected chi connectivity index (χ3v) is 4.00. The minimum absolute atomic E-state index is 0.0548. The Morgan fingerprint density at radius 3 is 2.82 bits per heavy atom. The molecule has 0 radical (unpaired) electrons. The van der Waals surface area contributed by atoms with Gasteiger partial charge in [0.1, 0.15) is 11.9 Å². The van der Waals surface area contributed by atoms with Crippen LogP contribution in [0.2, 0.25) is 0 Å². The second kappa shape index (κ2) is 5.72. The van der Waals surface area contributed by atoms with Crippen LogP contribution in [0, 0.1) is 0 Å². The van der Waals surface area contributed by atoms with E-state index < -0.39 is 0 Å². The van der Waals surface area contributed by atoms with Crippen LogP contribution in [0.15, 0.2) is 36.4 Å². The van der Waals surface area contributed by atoms with Crippen molar-refractivity contribution in [3.05, 3.63) is 53.1 Å². The van der Waals surface area contributed by atoms with Gasteiger partial charge in [-0.05, 0) is 30.2 Å². The maximum atomic E-state index is 12.5. The fourth-order valence-electron chi connectivity index (χ4n) is 2.82. The summed E-state index contributed by atoms with van der Waals surface area (Å²) in [6.45, 7) is 2.03. The molecule has 0 amide bonds. The molecule has 2 aromatic carbocycles. The molecule has 0 saturated heterocycles. The number of carbonyl (C=O) groups is 1. The topological polar surface area (TPSA) is 61.6 Å². The first-order valence-electron chi connectivity index (χ1n) is 7.39. The molecule has 1 heterocycles. The van der Waals surface area contributed by atoms with Crippen molar-refractivity contribution < 1.29 is 14.3 Å². The van der Waals surface area contributed by atoms with Gasteiger partial charge in [0, 0.05) is 5.56 Å². The summed E-state index contributed by atoms with van der Waals surface area (Å²) >= 11 is 0. The smallest absolute Gasteiger partial charge is 0.170 e. The molecule has 0 spiro atoms. The molecule has 0 aliphatic carbocycles. The molecule has 2 aromatic rings. The van der Waals surface area contributed by atoms with Crippen molar-refractivity contribution in [2.45, 2.75) is 25.9 Å². The molecule has 1 atom stereocenters. The summed E-state index contributed by atoms with van der Waals surface area (Å²) in [6, 6.07) is 11.3. The van der Waals surface area contributed by atoms with Crippen LogP contribution >= 0.6 is 0 Å². The number of Topliss-reactive ketones (excluding diaryl/α,β-unsaturated/α-hetero) is 1. The molecule has 0 aromatic heterocycles. The number of fused-ring (bicyclic) bond motifs is 1. The van der Waals surface area contributed by atoms with Crippen molar-refractivity contribution in [2.75, 3.05) is 12.8 Å². The summed E-state index contributed by atoms with van der Waals surface area (Å²) < 4.78 is 11.4. The lowest BCUT2D eigenvalue weighted by molar-refractivity contribution is 0.0848. The van der Waals surface area contributed by atoms with Crippen LogP contribution in [0.5, 0.6) is 11.5 Å². The van der Waals surface area contributed by atoms with Crippen LogP contribution in [0.25, 0.3) is 0 Å². The average Bonchev–Trinajstić information content (AvgIpc) is 2.55. The van der Waals surface area contributed by atoms with E-state index in [9.17, 15) is 4.79 Å². The molecule has 114 valence electrons. The zero-order valence-electron chi connectivity index (χ0n) is 12.8. The van der Waals surface area contributed by atoms with Gasteiger partial charge in [0.05, 0.1) is 24.8 Å². The van der Waals surface area contributed by atoms with Gasteiger partial charge in [0.2, 0.25) is 0 Å². The standard InChI is InChI=1S/C18H19NO3/c1-3-11-8-13-15(20)10-17(22-18(13)14(19)9-11)12-6-4-5-7-16(12)21-2/h4-9,17H,3,10,19H2,1-2H3. The molecule has 4 nitrogen and oxygen atoms in total. The van der Waals surface area contributed by atoms with E-state index >= 15 is 0 Å². The second-order valence-corrected chi connectivity index (χ2v) is 5.39. The SMILES string of the molecule is CCc1cc(N)c2c(c1)C(=O)CC(c1ccccc1OC)O2. The van der Waals surface area contributed by atoms with E-state index in [1.165, 1.54) is 0 Å². The number of hydrogen-bond acceptors (Lipinski definition) is 4. The number of nitrogens with two attached hydrogens (primary N) is 1. The summed E-state index contributed by atoms with van der Waals surface area (Å²) in [4.78, 5) is 12.5. The maximum absolute atomic E-state index is 12.5. The van der Waals surface area contributed by atoms with Crippen LogP contribution in [-0.4, -0.2) is 12.9 Å². The van der Waals surface area contributed by atoms with Crippen LogP contribution in [-0.2, 0) is 6.42 Å². The van der Waals surface area contributed by atoms with Crippen molar-refractivity contribution in [1.29, 1.82) is 0 Å². The highest BCUT2D eigenvalue weighted by molar-refractivity contribution is 6.02. The van der Waals surface area contributed by atoms with E-state index in [1.54, 1.807) is 7.11 Å². The molecule has 4 heteroatoms. The van der Waals surface area contributed by atoms with E-state index in [-0.39, 0.29) is 11.9 Å². The lowest BCUT2D eigenvalue weighted by atomic mass is 9.93. The highest BCUT2D eigenvalue weighted by Crippen LogP contribution is 2.41. The van der Waals surface area contributed by atoms with Gasteiger partial charge in [-0.25, -0.2) is 0 Å². The first-order chi connectivity index (χ1) is 10.6. The van der Waals surface area contributed by atoms with E-state index in [2.05, 4.69) is 0 Å². The normalized spacial score (nSPS) is 16.8. The van der Waals surface area contributed by atoms with E-state index in [0.717, 1.165) is 17.5 Å². The van der Waals surface area contributed by atoms with Gasteiger partial charge in [-0.1, -0.05) is 25.1 Å². The number of anilines is 1. The van der Waals surface area contributed by atoms with Crippen molar-refractivity contribution in [3.63, 3.8) is 0 Å². The monoisotopic (exact) mass is 297 g/mol.